The number of ether oxygens (including phenoxy) is 1. The third-order valence-corrected chi connectivity index (χ3v) is 5.37. The number of carboxylic acids is 1. The van der Waals surface area contributed by atoms with Crippen LogP contribution in [0.15, 0.2) is 0 Å². The van der Waals surface area contributed by atoms with Gasteiger partial charge in [0.15, 0.2) is 0 Å². The Labute approximate surface area is 124 Å². The lowest BCUT2D eigenvalue weighted by Crippen LogP contribution is -2.55. The number of fused-ring (bicyclic) bond motifs is 2. The molecule has 0 spiro atoms. The molecule has 2 amide bonds. The van der Waals surface area contributed by atoms with Gasteiger partial charge in [-0.3, -0.25) is 4.79 Å². The fraction of sp³-hybridized carbons (Fsp3) is 0.867. The second-order valence-corrected chi connectivity index (χ2v) is 6.52. The number of urea groups is 1. The average molecular weight is 296 g/mol. The number of rotatable bonds is 3. The Bertz CT molecular complexity index is 428. The summed E-state index contributed by atoms with van der Waals surface area (Å²) in [4.78, 5) is 25.7. The molecule has 118 valence electrons. The monoisotopic (exact) mass is 296 g/mol. The van der Waals surface area contributed by atoms with E-state index in [1.807, 2.05) is 6.92 Å². The van der Waals surface area contributed by atoms with E-state index in [2.05, 4.69) is 5.32 Å². The molecule has 5 atom stereocenters. The summed E-state index contributed by atoms with van der Waals surface area (Å²) in [5.41, 5.74) is 0. The summed E-state index contributed by atoms with van der Waals surface area (Å²) in [7, 11) is 0. The SMILES string of the molecule is CCC1CN(C(=O)NC2C3CCC(C3)C2C(=O)O)CCO1. The first-order chi connectivity index (χ1) is 10.1. The molecule has 21 heavy (non-hydrogen) atoms. The van der Waals surface area contributed by atoms with Crippen LogP contribution in [-0.4, -0.2) is 53.8 Å². The van der Waals surface area contributed by atoms with E-state index in [1.165, 1.54) is 0 Å². The highest BCUT2D eigenvalue weighted by atomic mass is 16.5. The molecule has 3 aliphatic rings. The van der Waals surface area contributed by atoms with Gasteiger partial charge < -0.3 is 20.1 Å². The molecule has 6 heteroatoms. The van der Waals surface area contributed by atoms with Crippen molar-refractivity contribution in [1.82, 2.24) is 10.2 Å². The molecule has 5 unspecified atom stereocenters. The number of carboxylic acid groups (broad SMARTS) is 1. The summed E-state index contributed by atoms with van der Waals surface area (Å²) in [5, 5.41) is 12.4. The highest BCUT2D eigenvalue weighted by Crippen LogP contribution is 2.48. The summed E-state index contributed by atoms with van der Waals surface area (Å²) in [5.74, 6) is -0.592. The Balaban J connectivity index is 1.62. The average Bonchev–Trinajstić information content (AvgIpc) is 3.08. The minimum Gasteiger partial charge on any atom is -0.481 e. The van der Waals surface area contributed by atoms with E-state index in [0.29, 0.717) is 25.6 Å². The van der Waals surface area contributed by atoms with E-state index >= 15 is 0 Å². The number of aliphatic carboxylic acids is 1. The largest absolute Gasteiger partial charge is 0.481 e. The zero-order chi connectivity index (χ0) is 15.0. The van der Waals surface area contributed by atoms with E-state index in [9.17, 15) is 14.7 Å². The van der Waals surface area contributed by atoms with E-state index in [1.54, 1.807) is 4.90 Å². The molecule has 0 aromatic rings. The van der Waals surface area contributed by atoms with Crippen LogP contribution in [0, 0.1) is 17.8 Å². The van der Waals surface area contributed by atoms with Crippen LogP contribution < -0.4 is 5.32 Å². The molecular formula is C15H24N2O4. The predicted molar refractivity (Wildman–Crippen MR) is 75.9 cm³/mol. The fourth-order valence-electron chi connectivity index (χ4n) is 4.24. The third kappa shape index (κ3) is 2.73. The van der Waals surface area contributed by atoms with Crippen molar-refractivity contribution in [1.29, 1.82) is 0 Å². The Morgan fingerprint density at radius 3 is 2.81 bits per heavy atom. The van der Waals surface area contributed by atoms with Gasteiger partial charge in [0, 0.05) is 19.1 Å². The number of nitrogens with zero attached hydrogens (tertiary/aromatic N) is 1. The lowest BCUT2D eigenvalue weighted by atomic mass is 9.84. The Kier molecular flexibility index (Phi) is 4.06. The lowest BCUT2D eigenvalue weighted by molar-refractivity contribution is -0.144. The van der Waals surface area contributed by atoms with Gasteiger partial charge in [-0.2, -0.15) is 0 Å². The van der Waals surface area contributed by atoms with Crippen LogP contribution >= 0.6 is 0 Å². The van der Waals surface area contributed by atoms with Gasteiger partial charge in [-0.15, -0.1) is 0 Å². The molecule has 2 aliphatic carbocycles. The standard InChI is InChI=1S/C15H24N2O4/c1-2-11-8-17(5-6-21-11)15(20)16-13-10-4-3-9(7-10)12(13)14(18)19/h9-13H,2-8H2,1H3,(H,16,20)(H,18,19). The van der Waals surface area contributed by atoms with Gasteiger partial charge in [0.25, 0.3) is 0 Å². The van der Waals surface area contributed by atoms with Gasteiger partial charge in [0.05, 0.1) is 18.6 Å². The zero-order valence-corrected chi connectivity index (χ0v) is 12.5. The molecule has 0 aromatic carbocycles. The van der Waals surface area contributed by atoms with Gasteiger partial charge in [0.1, 0.15) is 0 Å². The smallest absolute Gasteiger partial charge is 0.317 e. The van der Waals surface area contributed by atoms with Crippen LogP contribution in [0.3, 0.4) is 0 Å². The number of amides is 2. The topological polar surface area (TPSA) is 78.9 Å². The Hall–Kier alpha value is -1.30. The number of nitrogens with one attached hydrogen (secondary N) is 1. The highest BCUT2D eigenvalue weighted by Gasteiger charge is 2.51. The first-order valence-electron chi connectivity index (χ1n) is 8.00. The molecule has 3 fully saturated rings. The van der Waals surface area contributed by atoms with E-state index < -0.39 is 11.9 Å². The van der Waals surface area contributed by atoms with Crippen molar-refractivity contribution in [3.8, 4) is 0 Å². The van der Waals surface area contributed by atoms with Gasteiger partial charge in [0.2, 0.25) is 0 Å². The third-order valence-electron chi connectivity index (χ3n) is 5.37. The Morgan fingerprint density at radius 1 is 1.33 bits per heavy atom. The quantitative estimate of drug-likeness (QED) is 0.823. The normalized spacial score (nSPS) is 38.5. The molecule has 2 N–H and O–H groups in total. The summed E-state index contributed by atoms with van der Waals surface area (Å²) >= 11 is 0. The molecule has 1 aliphatic heterocycles. The van der Waals surface area contributed by atoms with Gasteiger partial charge in [-0.05, 0) is 37.5 Å². The molecule has 1 saturated heterocycles. The van der Waals surface area contributed by atoms with Crippen molar-refractivity contribution in [3.63, 3.8) is 0 Å². The molecule has 0 aromatic heterocycles. The summed E-state index contributed by atoms with van der Waals surface area (Å²) in [6.45, 7) is 3.79. The Morgan fingerprint density at radius 2 is 2.10 bits per heavy atom. The first-order valence-corrected chi connectivity index (χ1v) is 8.00. The molecule has 0 radical (unpaired) electrons. The van der Waals surface area contributed by atoms with Crippen molar-refractivity contribution in [3.05, 3.63) is 0 Å². The van der Waals surface area contributed by atoms with Crippen LogP contribution in [0.1, 0.15) is 32.6 Å². The van der Waals surface area contributed by atoms with Crippen molar-refractivity contribution >= 4 is 12.0 Å². The van der Waals surface area contributed by atoms with Gasteiger partial charge >= 0.3 is 12.0 Å². The van der Waals surface area contributed by atoms with Crippen molar-refractivity contribution in [2.75, 3.05) is 19.7 Å². The van der Waals surface area contributed by atoms with Crippen LogP contribution in [-0.2, 0) is 9.53 Å². The van der Waals surface area contributed by atoms with Crippen molar-refractivity contribution in [2.24, 2.45) is 17.8 Å². The van der Waals surface area contributed by atoms with Crippen molar-refractivity contribution in [2.45, 2.75) is 44.8 Å². The zero-order valence-electron chi connectivity index (χ0n) is 12.5. The van der Waals surface area contributed by atoms with E-state index in [-0.39, 0.29) is 24.1 Å². The second kappa shape index (κ2) is 5.83. The van der Waals surface area contributed by atoms with Gasteiger partial charge in [-0.25, -0.2) is 4.79 Å². The maximum absolute atomic E-state index is 12.4. The second-order valence-electron chi connectivity index (χ2n) is 6.52. The lowest BCUT2D eigenvalue weighted by Gasteiger charge is -2.35. The van der Waals surface area contributed by atoms with Crippen molar-refractivity contribution < 1.29 is 19.4 Å². The number of morpholine rings is 1. The summed E-state index contributed by atoms with van der Waals surface area (Å²) in [6.07, 6.45) is 3.96. The summed E-state index contributed by atoms with van der Waals surface area (Å²) in [6, 6.07) is -0.322. The van der Waals surface area contributed by atoms with Crippen LogP contribution in [0.5, 0.6) is 0 Å². The molecule has 6 nitrogen and oxygen atoms in total. The molecular weight excluding hydrogens is 272 g/mol. The molecule has 3 rings (SSSR count). The molecule has 2 bridgehead atoms. The minimum absolute atomic E-state index is 0.0970. The van der Waals surface area contributed by atoms with E-state index in [4.69, 9.17) is 4.74 Å². The minimum atomic E-state index is -0.763. The number of carbonyl (C=O) groups excluding carboxylic acids is 1. The van der Waals surface area contributed by atoms with E-state index in [0.717, 1.165) is 25.7 Å². The van der Waals surface area contributed by atoms with Crippen LogP contribution in [0.4, 0.5) is 4.79 Å². The maximum atomic E-state index is 12.4. The van der Waals surface area contributed by atoms with Crippen LogP contribution in [0.2, 0.25) is 0 Å². The number of hydrogen-bond donors (Lipinski definition) is 2. The summed E-state index contributed by atoms with van der Waals surface area (Å²) < 4.78 is 5.57. The molecule has 1 heterocycles. The van der Waals surface area contributed by atoms with Crippen LogP contribution in [0.25, 0.3) is 0 Å². The fourth-order valence-corrected chi connectivity index (χ4v) is 4.24. The predicted octanol–water partition coefficient (Wildman–Crippen LogP) is 1.31. The number of hydrogen-bond acceptors (Lipinski definition) is 3. The first kappa shape index (κ1) is 14.6. The highest BCUT2D eigenvalue weighted by molar-refractivity contribution is 5.77. The number of carbonyl (C=O) groups is 2. The molecule has 2 saturated carbocycles. The maximum Gasteiger partial charge on any atom is 0.317 e. The van der Waals surface area contributed by atoms with Gasteiger partial charge in [-0.1, -0.05) is 6.92 Å².